The minimum atomic E-state index is -0.742. The highest BCUT2D eigenvalue weighted by Crippen LogP contribution is 2.24. The van der Waals surface area contributed by atoms with Crippen LogP contribution in [0.3, 0.4) is 0 Å². The minimum absolute atomic E-state index is 0.400. The number of carboxylic acid groups (broad SMARTS) is 1. The van der Waals surface area contributed by atoms with Crippen molar-refractivity contribution in [3.63, 3.8) is 0 Å². The summed E-state index contributed by atoms with van der Waals surface area (Å²) in [5, 5.41) is 14.5. The van der Waals surface area contributed by atoms with Gasteiger partial charge in [0.25, 0.3) is 0 Å². The fraction of sp³-hybridized carbons (Fsp3) is 0.600. The van der Waals surface area contributed by atoms with Crippen LogP contribution in [0.4, 0.5) is 5.82 Å². The first-order chi connectivity index (χ1) is 11.0. The summed E-state index contributed by atoms with van der Waals surface area (Å²) in [6.07, 6.45) is 2.41. The van der Waals surface area contributed by atoms with E-state index in [1.54, 1.807) is 10.9 Å². The summed E-state index contributed by atoms with van der Waals surface area (Å²) in [6, 6.07) is -0.400. The van der Waals surface area contributed by atoms with Gasteiger partial charge < -0.3 is 10.0 Å². The lowest BCUT2D eigenvalue weighted by atomic mass is 10.1. The van der Waals surface area contributed by atoms with Crippen molar-refractivity contribution in [3.05, 3.63) is 12.0 Å². The SMILES string of the molecule is CCC(C(=O)O)N1CCN(c2nc(C)nc3c2cnn3C)CC1. The fourth-order valence-electron chi connectivity index (χ4n) is 3.19. The van der Waals surface area contributed by atoms with Crippen LogP contribution in [0, 0.1) is 6.92 Å². The van der Waals surface area contributed by atoms with Gasteiger partial charge >= 0.3 is 5.97 Å². The highest BCUT2D eigenvalue weighted by Gasteiger charge is 2.28. The van der Waals surface area contributed by atoms with Crippen molar-refractivity contribution in [1.82, 2.24) is 24.6 Å². The van der Waals surface area contributed by atoms with Gasteiger partial charge in [-0.2, -0.15) is 5.10 Å². The van der Waals surface area contributed by atoms with Gasteiger partial charge in [0.15, 0.2) is 5.65 Å². The average molecular weight is 318 g/mol. The minimum Gasteiger partial charge on any atom is -0.480 e. The highest BCUT2D eigenvalue weighted by molar-refractivity contribution is 5.87. The van der Waals surface area contributed by atoms with Gasteiger partial charge in [-0.15, -0.1) is 0 Å². The van der Waals surface area contributed by atoms with Crippen molar-refractivity contribution in [1.29, 1.82) is 0 Å². The van der Waals surface area contributed by atoms with E-state index in [9.17, 15) is 9.90 Å². The number of hydrogen-bond donors (Lipinski definition) is 1. The molecule has 0 aliphatic carbocycles. The van der Waals surface area contributed by atoms with Crippen molar-refractivity contribution in [3.8, 4) is 0 Å². The van der Waals surface area contributed by atoms with Crippen LogP contribution in [0.2, 0.25) is 0 Å². The number of anilines is 1. The van der Waals surface area contributed by atoms with Crippen LogP contribution in [0.1, 0.15) is 19.2 Å². The summed E-state index contributed by atoms with van der Waals surface area (Å²) in [5.41, 5.74) is 0.826. The highest BCUT2D eigenvalue weighted by atomic mass is 16.4. The maximum absolute atomic E-state index is 11.3. The van der Waals surface area contributed by atoms with Gasteiger partial charge in [0, 0.05) is 33.2 Å². The Balaban J connectivity index is 1.82. The Morgan fingerprint density at radius 3 is 2.61 bits per heavy atom. The zero-order valence-corrected chi connectivity index (χ0v) is 13.7. The van der Waals surface area contributed by atoms with E-state index >= 15 is 0 Å². The molecule has 124 valence electrons. The molecule has 0 bridgehead atoms. The second-order valence-corrected chi connectivity index (χ2v) is 5.89. The molecule has 0 amide bonds. The van der Waals surface area contributed by atoms with Crippen molar-refractivity contribution >= 4 is 22.8 Å². The Bertz CT molecular complexity index is 720. The molecule has 3 heterocycles. The van der Waals surface area contributed by atoms with E-state index in [2.05, 4.69) is 20.0 Å². The predicted octanol–water partition coefficient (Wildman–Crippen LogP) is 0.657. The predicted molar refractivity (Wildman–Crippen MR) is 86.5 cm³/mol. The lowest BCUT2D eigenvalue weighted by Crippen LogP contribution is -2.52. The molecule has 1 aliphatic heterocycles. The van der Waals surface area contributed by atoms with Crippen LogP contribution >= 0.6 is 0 Å². The Morgan fingerprint density at radius 2 is 2.00 bits per heavy atom. The van der Waals surface area contributed by atoms with Gasteiger partial charge in [-0.3, -0.25) is 14.4 Å². The molecule has 3 rings (SSSR count). The molecule has 0 spiro atoms. The largest absolute Gasteiger partial charge is 0.480 e. The summed E-state index contributed by atoms with van der Waals surface area (Å²) in [5.74, 6) is 0.868. The average Bonchev–Trinajstić information content (AvgIpc) is 2.89. The third kappa shape index (κ3) is 2.86. The number of hydrogen-bond acceptors (Lipinski definition) is 6. The molecule has 1 saturated heterocycles. The second-order valence-electron chi connectivity index (χ2n) is 5.89. The van der Waals surface area contributed by atoms with Crippen molar-refractivity contribution in [2.45, 2.75) is 26.3 Å². The summed E-state index contributed by atoms with van der Waals surface area (Å²) < 4.78 is 1.75. The molecular formula is C15H22N6O2. The summed E-state index contributed by atoms with van der Waals surface area (Å²) >= 11 is 0. The van der Waals surface area contributed by atoms with Gasteiger partial charge in [-0.05, 0) is 13.3 Å². The van der Waals surface area contributed by atoms with E-state index < -0.39 is 12.0 Å². The number of aliphatic carboxylic acids is 1. The molecule has 0 radical (unpaired) electrons. The fourth-order valence-corrected chi connectivity index (χ4v) is 3.19. The van der Waals surface area contributed by atoms with Crippen LogP contribution in [0.15, 0.2) is 6.20 Å². The molecular weight excluding hydrogens is 296 g/mol. The molecule has 8 nitrogen and oxygen atoms in total. The summed E-state index contributed by atoms with van der Waals surface area (Å²) in [7, 11) is 1.87. The summed E-state index contributed by atoms with van der Waals surface area (Å²) in [6.45, 7) is 6.74. The van der Waals surface area contributed by atoms with Crippen LogP contribution < -0.4 is 4.90 Å². The number of rotatable bonds is 4. The smallest absolute Gasteiger partial charge is 0.320 e. The van der Waals surface area contributed by atoms with E-state index in [0.717, 1.165) is 48.9 Å². The van der Waals surface area contributed by atoms with E-state index in [4.69, 9.17) is 0 Å². The Hall–Kier alpha value is -2.22. The second kappa shape index (κ2) is 6.11. The zero-order valence-electron chi connectivity index (χ0n) is 13.7. The Morgan fingerprint density at radius 1 is 1.30 bits per heavy atom. The number of carboxylic acids is 1. The first-order valence-corrected chi connectivity index (χ1v) is 7.89. The lowest BCUT2D eigenvalue weighted by molar-refractivity contribution is -0.143. The van der Waals surface area contributed by atoms with E-state index in [1.165, 1.54) is 0 Å². The number of carbonyl (C=O) groups is 1. The van der Waals surface area contributed by atoms with Crippen LogP contribution in [-0.4, -0.2) is 67.9 Å². The first-order valence-electron chi connectivity index (χ1n) is 7.89. The molecule has 1 unspecified atom stereocenters. The lowest BCUT2D eigenvalue weighted by Gasteiger charge is -2.38. The van der Waals surface area contributed by atoms with E-state index in [1.807, 2.05) is 25.8 Å². The van der Waals surface area contributed by atoms with Crippen LogP contribution in [0.25, 0.3) is 11.0 Å². The van der Waals surface area contributed by atoms with E-state index in [0.29, 0.717) is 6.42 Å². The van der Waals surface area contributed by atoms with Crippen LogP contribution in [0.5, 0.6) is 0 Å². The molecule has 8 heteroatoms. The topological polar surface area (TPSA) is 87.4 Å². The Kier molecular flexibility index (Phi) is 4.16. The van der Waals surface area contributed by atoms with Crippen molar-refractivity contribution in [2.75, 3.05) is 31.1 Å². The molecule has 1 atom stereocenters. The molecule has 0 aromatic carbocycles. The monoisotopic (exact) mass is 318 g/mol. The maximum atomic E-state index is 11.3. The van der Waals surface area contributed by atoms with E-state index in [-0.39, 0.29) is 0 Å². The van der Waals surface area contributed by atoms with Crippen molar-refractivity contribution < 1.29 is 9.90 Å². The Labute approximate surface area is 134 Å². The molecule has 1 aliphatic rings. The number of aromatic nitrogens is 4. The maximum Gasteiger partial charge on any atom is 0.320 e. The van der Waals surface area contributed by atoms with Crippen LogP contribution in [-0.2, 0) is 11.8 Å². The normalized spacial score (nSPS) is 17.6. The van der Waals surface area contributed by atoms with Gasteiger partial charge in [0.2, 0.25) is 0 Å². The number of aryl methyl sites for hydroxylation is 2. The number of fused-ring (bicyclic) bond motifs is 1. The van der Waals surface area contributed by atoms with Gasteiger partial charge in [-0.1, -0.05) is 6.92 Å². The third-order valence-electron chi connectivity index (χ3n) is 4.41. The zero-order chi connectivity index (χ0) is 16.6. The molecule has 2 aromatic rings. The standard InChI is InChI=1S/C15H22N6O2/c1-4-12(15(22)23)20-5-7-21(8-6-20)14-11-9-16-19(3)13(11)17-10(2)18-14/h9,12H,4-8H2,1-3H3,(H,22,23). The number of nitrogens with zero attached hydrogens (tertiary/aromatic N) is 6. The molecule has 0 saturated carbocycles. The first kappa shape index (κ1) is 15.7. The molecule has 1 N–H and O–H groups in total. The van der Waals surface area contributed by atoms with Gasteiger partial charge in [-0.25, -0.2) is 9.97 Å². The van der Waals surface area contributed by atoms with Gasteiger partial charge in [0.1, 0.15) is 17.7 Å². The summed E-state index contributed by atoms with van der Waals surface area (Å²) in [4.78, 5) is 24.6. The quantitative estimate of drug-likeness (QED) is 0.886. The van der Waals surface area contributed by atoms with Gasteiger partial charge in [0.05, 0.1) is 11.6 Å². The molecule has 23 heavy (non-hydrogen) atoms. The van der Waals surface area contributed by atoms with Crippen molar-refractivity contribution in [2.24, 2.45) is 7.05 Å². The molecule has 1 fully saturated rings. The number of piperazine rings is 1. The third-order valence-corrected chi connectivity index (χ3v) is 4.41. The molecule has 2 aromatic heterocycles.